The number of rotatable bonds is 20. The second-order valence-corrected chi connectivity index (χ2v) is 22.4. The van der Waals surface area contributed by atoms with E-state index in [9.17, 15) is 33.9 Å². The number of likely N-dealkylation sites (tertiary alicyclic amines) is 1. The van der Waals surface area contributed by atoms with E-state index in [0.29, 0.717) is 55.6 Å². The monoisotopic (exact) mass is 1030 g/mol. The number of likely N-dealkylation sites (N-methyl/N-ethyl adjacent to an activating group) is 1. The molecule has 2 aliphatic heterocycles. The van der Waals surface area contributed by atoms with E-state index < -0.39 is 41.0 Å². The number of aromatic nitrogens is 3. The van der Waals surface area contributed by atoms with Crippen molar-refractivity contribution in [1.29, 1.82) is 0 Å². The Bertz CT molecular complexity index is 2780. The number of hydrogen-bond acceptors (Lipinski definition) is 11. The molecule has 2 aromatic heterocycles. The van der Waals surface area contributed by atoms with Crippen LogP contribution in [0.15, 0.2) is 84.4 Å². The molecule has 3 aromatic carbocycles. The summed E-state index contributed by atoms with van der Waals surface area (Å²) in [5, 5.41) is 30.2. The lowest BCUT2D eigenvalue weighted by molar-refractivity contribution is -0.144. The molecule has 74 heavy (non-hydrogen) atoms. The van der Waals surface area contributed by atoms with Gasteiger partial charge in [-0.15, -0.1) is 11.3 Å². The summed E-state index contributed by atoms with van der Waals surface area (Å²) in [5.74, 6) is -1.19. The first-order chi connectivity index (χ1) is 35.1. The number of β-amino-alcohol motifs (C(OH)–C–C–N with tert-alkyl or cyclic N) is 1. The summed E-state index contributed by atoms with van der Waals surface area (Å²) < 4.78 is 0. The largest absolute Gasteiger partial charge is 0.391 e. The minimum absolute atomic E-state index is 0.0156. The predicted octanol–water partition coefficient (Wildman–Crippen LogP) is 8.05. The Labute approximate surface area is 438 Å². The Hall–Kier alpha value is -6.76. The number of thiazole rings is 1. The van der Waals surface area contributed by atoms with Crippen LogP contribution in [0.2, 0.25) is 0 Å². The molecular weight excluding hydrogens is 957 g/mol. The number of aliphatic hydroxyl groups is 1. The Morgan fingerprint density at radius 1 is 0.865 bits per heavy atom. The molecule has 394 valence electrons. The fourth-order valence-electron chi connectivity index (χ4n) is 9.76. The second kappa shape index (κ2) is 23.6. The summed E-state index contributed by atoms with van der Waals surface area (Å²) in [6.45, 7) is 14.1. The average Bonchev–Trinajstić information content (AvgIpc) is 4.15. The summed E-state index contributed by atoms with van der Waals surface area (Å²) in [6.07, 6.45) is 2.27. The molecule has 0 saturated carbocycles. The number of H-pyrrole nitrogens is 1. The zero-order valence-corrected chi connectivity index (χ0v) is 44.9. The number of amides is 6. The van der Waals surface area contributed by atoms with Crippen LogP contribution >= 0.6 is 11.3 Å². The number of nitrogens with one attached hydrogen (secondary N) is 5. The fourth-order valence-corrected chi connectivity index (χ4v) is 10.6. The van der Waals surface area contributed by atoms with Crippen molar-refractivity contribution in [2.75, 3.05) is 32.5 Å². The molecule has 1 saturated heterocycles. The number of aromatic amines is 1. The van der Waals surface area contributed by atoms with Crippen molar-refractivity contribution in [2.45, 2.75) is 136 Å². The van der Waals surface area contributed by atoms with Crippen molar-refractivity contribution >= 4 is 52.6 Å². The average molecular weight is 1030 g/mol. The molecular formula is C56H72N10O7S. The highest BCUT2D eigenvalue weighted by Crippen LogP contribution is 2.41. The molecule has 0 spiro atoms. The maximum atomic E-state index is 14.1. The molecule has 0 aliphatic carbocycles. The topological polar surface area (TPSA) is 222 Å². The number of hydrogen-bond donors (Lipinski definition) is 6. The lowest BCUT2D eigenvalue weighted by Gasteiger charge is -2.35. The van der Waals surface area contributed by atoms with Gasteiger partial charge in [-0.25, -0.2) is 9.78 Å². The Kier molecular flexibility index (Phi) is 17.6. The summed E-state index contributed by atoms with van der Waals surface area (Å²) >= 11 is 1.57. The zero-order chi connectivity index (χ0) is 53.5. The van der Waals surface area contributed by atoms with Crippen LogP contribution in [-0.2, 0) is 26.5 Å². The van der Waals surface area contributed by atoms with E-state index in [2.05, 4.69) is 36.4 Å². The van der Waals surface area contributed by atoms with Crippen molar-refractivity contribution < 1.29 is 33.9 Å². The second-order valence-electron chi connectivity index (χ2n) is 21.5. The van der Waals surface area contributed by atoms with Crippen LogP contribution in [-0.4, -0.2) is 116 Å². The van der Waals surface area contributed by atoms with Crippen LogP contribution in [0.4, 0.5) is 10.6 Å². The van der Waals surface area contributed by atoms with E-state index in [-0.39, 0.29) is 61.6 Å². The molecule has 17 nitrogen and oxygen atoms in total. The molecule has 2 aliphatic rings. The molecule has 1 fully saturated rings. The van der Waals surface area contributed by atoms with E-state index in [1.165, 1.54) is 4.90 Å². The number of Topliss-reactive ketones (excluding diaryl/α,β-unsaturated/α-hetero) is 1. The summed E-state index contributed by atoms with van der Waals surface area (Å²) in [6, 6.07) is 21.6. The van der Waals surface area contributed by atoms with Gasteiger partial charge in [0.05, 0.1) is 52.0 Å². The Morgan fingerprint density at radius 3 is 2.16 bits per heavy atom. The highest BCUT2D eigenvalue weighted by Gasteiger charge is 2.46. The van der Waals surface area contributed by atoms with E-state index in [4.69, 9.17) is 0 Å². The number of ketones is 1. The molecule has 5 atom stereocenters. The Balaban J connectivity index is 0.837. The van der Waals surface area contributed by atoms with Gasteiger partial charge in [0.2, 0.25) is 17.7 Å². The quantitative estimate of drug-likeness (QED) is 0.0325. The number of anilines is 1. The first-order valence-corrected chi connectivity index (χ1v) is 26.4. The summed E-state index contributed by atoms with van der Waals surface area (Å²) in [5.41, 5.74) is 6.59. The van der Waals surface area contributed by atoms with Crippen molar-refractivity contribution in [3.05, 3.63) is 124 Å². The van der Waals surface area contributed by atoms with E-state index in [0.717, 1.165) is 38.5 Å². The third-order valence-electron chi connectivity index (χ3n) is 14.1. The molecule has 6 amide bonds. The lowest BCUT2D eigenvalue weighted by Crippen LogP contribution is -2.57. The number of nitrogens with zero attached hydrogens (tertiary/aromatic N) is 5. The van der Waals surface area contributed by atoms with Crippen molar-refractivity contribution in [2.24, 2.45) is 5.41 Å². The smallest absolute Gasteiger partial charge is 0.319 e. The van der Waals surface area contributed by atoms with Gasteiger partial charge in [-0.05, 0) is 88.9 Å². The number of aryl methyl sites for hydroxylation is 1. The molecule has 0 unspecified atom stereocenters. The maximum absolute atomic E-state index is 14.1. The van der Waals surface area contributed by atoms with E-state index in [1.54, 1.807) is 40.5 Å². The molecule has 6 N–H and O–H groups in total. The van der Waals surface area contributed by atoms with Gasteiger partial charge >= 0.3 is 6.03 Å². The van der Waals surface area contributed by atoms with Gasteiger partial charge in [0, 0.05) is 49.0 Å². The number of benzene rings is 3. The molecule has 5 aromatic rings. The van der Waals surface area contributed by atoms with Crippen LogP contribution in [0.25, 0.3) is 10.4 Å². The summed E-state index contributed by atoms with van der Waals surface area (Å²) in [4.78, 5) is 92.1. The van der Waals surface area contributed by atoms with Crippen LogP contribution < -0.4 is 21.3 Å². The number of fused-ring (bicyclic) bond motifs is 1. The standard InChI is InChI=1S/C56H72N10O7S/c1-34(36-21-25-39(26-22-36)47-35(2)57-33-74-47)58-52(71)44-29-41(67)30-65(44)53(72)49(55(3,4)5)60-46(69)20-16-11-10-15-19-45(68)38-23-27-40(28-24-38)51(70)61-50-42-31-66(56(6,7)48(42)62-63-50)54(73)59-43(32-64(8)9)37-17-13-12-14-18-37/h12-14,17-18,21-28,33-34,41,43-44,49,67H,10-11,15-16,19-20,29-32H2,1-9H3,(H,58,71)(H,59,73)(H,60,69)(H2,61,62,63,70)/t34-,41+,43+,44-,49+/m0/s1. The zero-order valence-electron chi connectivity index (χ0n) is 44.1. The minimum Gasteiger partial charge on any atom is -0.391 e. The molecule has 4 heterocycles. The Morgan fingerprint density at radius 2 is 1.53 bits per heavy atom. The van der Waals surface area contributed by atoms with Crippen molar-refractivity contribution in [1.82, 2.24) is 45.8 Å². The van der Waals surface area contributed by atoms with E-state index >= 15 is 0 Å². The van der Waals surface area contributed by atoms with Crippen LogP contribution in [0.5, 0.6) is 0 Å². The van der Waals surface area contributed by atoms with Crippen LogP contribution in [0.3, 0.4) is 0 Å². The van der Waals surface area contributed by atoms with Gasteiger partial charge < -0.3 is 41.1 Å². The number of aliphatic hydroxyl groups excluding tert-OH is 1. The van der Waals surface area contributed by atoms with Crippen LogP contribution in [0.1, 0.15) is 147 Å². The highest BCUT2D eigenvalue weighted by atomic mass is 32.1. The predicted molar refractivity (Wildman–Crippen MR) is 286 cm³/mol. The molecule has 7 rings (SSSR count). The lowest BCUT2D eigenvalue weighted by atomic mass is 9.85. The number of carbonyl (C=O) groups excluding carboxylic acids is 6. The van der Waals surface area contributed by atoms with Gasteiger partial charge in [0.1, 0.15) is 12.1 Å². The third-order valence-corrected chi connectivity index (χ3v) is 15.1. The summed E-state index contributed by atoms with van der Waals surface area (Å²) in [7, 11) is 3.93. The van der Waals surface area contributed by atoms with Gasteiger partial charge in [-0.3, -0.25) is 29.1 Å². The fraction of sp³-hybridized carbons (Fsp3) is 0.464. The maximum Gasteiger partial charge on any atom is 0.319 e. The molecule has 0 bridgehead atoms. The first kappa shape index (κ1) is 55.0. The molecule has 18 heteroatoms. The highest BCUT2D eigenvalue weighted by molar-refractivity contribution is 7.13. The number of carbonyl (C=O) groups is 6. The van der Waals surface area contributed by atoms with Gasteiger partial charge in [0.15, 0.2) is 11.6 Å². The van der Waals surface area contributed by atoms with Crippen LogP contribution in [0, 0.1) is 12.3 Å². The first-order valence-electron chi connectivity index (χ1n) is 25.5. The van der Waals surface area contributed by atoms with E-state index in [1.807, 2.05) is 128 Å². The van der Waals surface area contributed by atoms with Gasteiger partial charge in [0.25, 0.3) is 5.91 Å². The SMILES string of the molecule is Cc1ncsc1-c1ccc([C@H](C)NC(=O)[C@@H]2C[C@@H](O)CN2C(=O)[C@@H](NC(=O)CCCCCCC(=O)c2ccc(C(=O)Nc3n[nH]c4c3CN(C(=O)N[C@H](CN(C)C)c3ccccc3)C4(C)C)cc2)C(C)(C)C)cc1. The molecule has 0 radical (unpaired) electrons. The number of urea groups is 1. The van der Waals surface area contributed by atoms with Gasteiger partial charge in [-0.2, -0.15) is 5.10 Å². The third kappa shape index (κ3) is 13.1. The van der Waals surface area contributed by atoms with Crippen molar-refractivity contribution in [3.63, 3.8) is 0 Å². The van der Waals surface area contributed by atoms with Crippen molar-refractivity contribution in [3.8, 4) is 10.4 Å². The number of unbranched alkanes of at least 4 members (excludes halogenated alkanes) is 3. The normalized spacial score (nSPS) is 17.3. The van der Waals surface area contributed by atoms with Gasteiger partial charge in [-0.1, -0.05) is 100 Å². The minimum atomic E-state index is -0.928.